The zero-order valence-corrected chi connectivity index (χ0v) is 10.5. The van der Waals surface area contributed by atoms with Gasteiger partial charge in [-0.3, -0.25) is 9.48 Å². The lowest BCUT2D eigenvalue weighted by molar-refractivity contribution is -0.125. The Morgan fingerprint density at radius 2 is 2.44 bits per heavy atom. The zero-order valence-electron chi connectivity index (χ0n) is 10.5. The molecule has 1 fully saturated rings. The predicted molar refractivity (Wildman–Crippen MR) is 64.8 cm³/mol. The monoisotopic (exact) mass is 253 g/mol. The fourth-order valence-electron chi connectivity index (χ4n) is 2.03. The molecule has 0 saturated carbocycles. The van der Waals surface area contributed by atoms with Gasteiger partial charge in [0.25, 0.3) is 0 Å². The molecule has 2 unspecified atom stereocenters. The largest absolute Gasteiger partial charge is 0.379 e. The SMILES string of the molecule is CNC1COCC1C(=O)NCCCn1ccnn1. The number of ether oxygens (including phenoxy) is 1. The number of amides is 1. The van der Waals surface area contributed by atoms with Gasteiger partial charge in [0.05, 0.1) is 25.3 Å². The molecule has 2 heterocycles. The maximum absolute atomic E-state index is 11.9. The van der Waals surface area contributed by atoms with Crippen LogP contribution in [0.4, 0.5) is 0 Å². The first kappa shape index (κ1) is 13.0. The van der Waals surface area contributed by atoms with E-state index < -0.39 is 0 Å². The average Bonchev–Trinajstić information content (AvgIpc) is 3.04. The van der Waals surface area contributed by atoms with Crippen molar-refractivity contribution < 1.29 is 9.53 Å². The minimum Gasteiger partial charge on any atom is -0.379 e. The van der Waals surface area contributed by atoms with Crippen molar-refractivity contribution in [1.29, 1.82) is 0 Å². The Morgan fingerprint density at radius 1 is 1.56 bits per heavy atom. The Balaban J connectivity index is 1.65. The van der Waals surface area contributed by atoms with Gasteiger partial charge in [-0.2, -0.15) is 0 Å². The summed E-state index contributed by atoms with van der Waals surface area (Å²) >= 11 is 0. The summed E-state index contributed by atoms with van der Waals surface area (Å²) < 4.78 is 7.05. The highest BCUT2D eigenvalue weighted by molar-refractivity contribution is 5.79. The van der Waals surface area contributed by atoms with Crippen LogP contribution in [0, 0.1) is 5.92 Å². The molecule has 1 aromatic rings. The summed E-state index contributed by atoms with van der Waals surface area (Å²) in [4.78, 5) is 11.9. The van der Waals surface area contributed by atoms with Gasteiger partial charge in [0.15, 0.2) is 0 Å². The van der Waals surface area contributed by atoms with Crippen LogP contribution < -0.4 is 10.6 Å². The third kappa shape index (κ3) is 3.27. The third-order valence-corrected chi connectivity index (χ3v) is 3.12. The first-order valence-electron chi connectivity index (χ1n) is 6.18. The van der Waals surface area contributed by atoms with Crippen molar-refractivity contribution in [2.45, 2.75) is 19.0 Å². The summed E-state index contributed by atoms with van der Waals surface area (Å²) in [5, 5.41) is 13.6. The third-order valence-electron chi connectivity index (χ3n) is 3.12. The number of nitrogens with one attached hydrogen (secondary N) is 2. The van der Waals surface area contributed by atoms with Crippen LogP contribution in [0.3, 0.4) is 0 Å². The number of hydrogen-bond donors (Lipinski definition) is 2. The quantitative estimate of drug-likeness (QED) is 0.637. The molecule has 0 aliphatic carbocycles. The van der Waals surface area contributed by atoms with Crippen molar-refractivity contribution in [2.75, 3.05) is 26.8 Å². The molecular formula is C11H19N5O2. The fraction of sp³-hybridized carbons (Fsp3) is 0.727. The molecule has 1 saturated heterocycles. The number of hydrogen-bond acceptors (Lipinski definition) is 5. The Hall–Kier alpha value is -1.47. The minimum atomic E-state index is -0.0821. The van der Waals surface area contributed by atoms with Crippen molar-refractivity contribution >= 4 is 5.91 Å². The highest BCUT2D eigenvalue weighted by Gasteiger charge is 2.32. The molecular weight excluding hydrogens is 234 g/mol. The molecule has 0 bridgehead atoms. The van der Waals surface area contributed by atoms with Gasteiger partial charge >= 0.3 is 0 Å². The molecule has 0 spiro atoms. The smallest absolute Gasteiger partial charge is 0.227 e. The van der Waals surface area contributed by atoms with E-state index in [1.807, 2.05) is 13.2 Å². The first-order valence-corrected chi connectivity index (χ1v) is 6.18. The van der Waals surface area contributed by atoms with E-state index in [2.05, 4.69) is 20.9 Å². The molecule has 1 aliphatic heterocycles. The Labute approximate surface area is 106 Å². The molecule has 18 heavy (non-hydrogen) atoms. The normalized spacial score (nSPS) is 23.2. The number of carbonyl (C=O) groups is 1. The summed E-state index contributed by atoms with van der Waals surface area (Å²) in [5.74, 6) is -0.0215. The number of rotatable bonds is 6. The van der Waals surface area contributed by atoms with Crippen LogP contribution in [0.25, 0.3) is 0 Å². The van der Waals surface area contributed by atoms with Gasteiger partial charge in [-0.25, -0.2) is 0 Å². The van der Waals surface area contributed by atoms with E-state index in [-0.39, 0.29) is 17.9 Å². The van der Waals surface area contributed by atoms with Crippen molar-refractivity contribution in [3.05, 3.63) is 12.4 Å². The van der Waals surface area contributed by atoms with Crippen LogP contribution in [0.2, 0.25) is 0 Å². The second kappa shape index (κ2) is 6.46. The number of aryl methyl sites for hydroxylation is 1. The van der Waals surface area contributed by atoms with E-state index in [4.69, 9.17) is 4.74 Å². The van der Waals surface area contributed by atoms with Gasteiger partial charge in [-0.1, -0.05) is 5.21 Å². The second-order valence-corrected chi connectivity index (χ2v) is 4.35. The van der Waals surface area contributed by atoms with Gasteiger partial charge in [0.2, 0.25) is 5.91 Å². The predicted octanol–water partition coefficient (Wildman–Crippen LogP) is -0.981. The Morgan fingerprint density at radius 3 is 3.17 bits per heavy atom. The van der Waals surface area contributed by atoms with Crippen LogP contribution in [0.15, 0.2) is 12.4 Å². The summed E-state index contributed by atoms with van der Waals surface area (Å²) in [6.45, 7) is 2.51. The van der Waals surface area contributed by atoms with E-state index in [0.29, 0.717) is 19.8 Å². The highest BCUT2D eigenvalue weighted by atomic mass is 16.5. The molecule has 0 aromatic carbocycles. The molecule has 1 aliphatic rings. The lowest BCUT2D eigenvalue weighted by Crippen LogP contribution is -2.42. The lowest BCUT2D eigenvalue weighted by Gasteiger charge is -2.16. The van der Waals surface area contributed by atoms with E-state index in [1.54, 1.807) is 10.9 Å². The van der Waals surface area contributed by atoms with E-state index in [0.717, 1.165) is 13.0 Å². The molecule has 2 rings (SSSR count). The summed E-state index contributed by atoms with van der Waals surface area (Å²) in [6.07, 6.45) is 4.29. The van der Waals surface area contributed by atoms with E-state index in [9.17, 15) is 4.79 Å². The maximum Gasteiger partial charge on any atom is 0.227 e. The average molecular weight is 253 g/mol. The van der Waals surface area contributed by atoms with Gasteiger partial charge in [-0.15, -0.1) is 5.10 Å². The van der Waals surface area contributed by atoms with Crippen LogP contribution in [-0.2, 0) is 16.1 Å². The molecule has 7 nitrogen and oxygen atoms in total. The van der Waals surface area contributed by atoms with Crippen molar-refractivity contribution in [3.63, 3.8) is 0 Å². The number of likely N-dealkylation sites (N-methyl/N-ethyl adjacent to an activating group) is 1. The van der Waals surface area contributed by atoms with Gasteiger partial charge in [0.1, 0.15) is 0 Å². The first-order chi connectivity index (χ1) is 8.81. The molecule has 2 N–H and O–H groups in total. The standard InChI is InChI=1S/C11H19N5O2/c1-12-10-8-18-7-9(10)11(17)13-3-2-5-16-6-4-14-15-16/h4,6,9-10,12H,2-3,5,7-8H2,1H3,(H,13,17). The number of carbonyl (C=O) groups excluding carboxylic acids is 1. The van der Waals surface area contributed by atoms with Gasteiger partial charge in [-0.05, 0) is 13.5 Å². The molecule has 7 heteroatoms. The minimum absolute atomic E-state index is 0.0606. The molecule has 2 atom stereocenters. The van der Waals surface area contributed by atoms with Crippen LogP contribution in [0.1, 0.15) is 6.42 Å². The summed E-state index contributed by atoms with van der Waals surface area (Å²) in [5.41, 5.74) is 0. The van der Waals surface area contributed by atoms with Crippen LogP contribution in [-0.4, -0.2) is 53.7 Å². The number of aromatic nitrogens is 3. The number of nitrogens with zero attached hydrogens (tertiary/aromatic N) is 3. The Bertz CT molecular complexity index is 368. The second-order valence-electron chi connectivity index (χ2n) is 4.35. The fourth-order valence-corrected chi connectivity index (χ4v) is 2.03. The molecule has 1 amide bonds. The lowest BCUT2D eigenvalue weighted by atomic mass is 10.0. The van der Waals surface area contributed by atoms with Crippen molar-refractivity contribution in [3.8, 4) is 0 Å². The van der Waals surface area contributed by atoms with E-state index in [1.165, 1.54) is 0 Å². The van der Waals surface area contributed by atoms with Crippen LogP contribution >= 0.6 is 0 Å². The zero-order chi connectivity index (χ0) is 12.8. The van der Waals surface area contributed by atoms with E-state index >= 15 is 0 Å². The summed E-state index contributed by atoms with van der Waals surface area (Å²) in [7, 11) is 1.85. The molecule has 100 valence electrons. The van der Waals surface area contributed by atoms with Crippen molar-refractivity contribution in [1.82, 2.24) is 25.6 Å². The van der Waals surface area contributed by atoms with Gasteiger partial charge in [0, 0.05) is 25.3 Å². The maximum atomic E-state index is 11.9. The topological polar surface area (TPSA) is 81.1 Å². The van der Waals surface area contributed by atoms with Crippen LogP contribution in [0.5, 0.6) is 0 Å². The Kier molecular flexibility index (Phi) is 4.66. The highest BCUT2D eigenvalue weighted by Crippen LogP contribution is 2.13. The van der Waals surface area contributed by atoms with Crippen molar-refractivity contribution in [2.24, 2.45) is 5.92 Å². The summed E-state index contributed by atoms with van der Waals surface area (Å²) in [6, 6.07) is 0.125. The molecule has 0 radical (unpaired) electrons. The van der Waals surface area contributed by atoms with Gasteiger partial charge < -0.3 is 15.4 Å². The molecule has 1 aromatic heterocycles.